The zero-order valence-electron chi connectivity index (χ0n) is 10.1. The molecule has 9 heteroatoms. The van der Waals surface area contributed by atoms with Crippen LogP contribution in [-0.2, 0) is 4.74 Å². The van der Waals surface area contributed by atoms with Crippen molar-refractivity contribution in [3.8, 4) is 0 Å². The normalized spacial score (nSPS) is 24.3. The summed E-state index contributed by atoms with van der Waals surface area (Å²) >= 11 is 0. The van der Waals surface area contributed by atoms with E-state index < -0.39 is 34.8 Å². The van der Waals surface area contributed by atoms with E-state index in [9.17, 15) is 19.1 Å². The fourth-order valence-electron chi connectivity index (χ4n) is 2.02. The first-order chi connectivity index (χ1) is 8.29. The van der Waals surface area contributed by atoms with Crippen molar-refractivity contribution in [2.75, 3.05) is 0 Å². The van der Waals surface area contributed by atoms with Gasteiger partial charge in [0.1, 0.15) is 21.9 Å². The molecule has 1 aliphatic heterocycles. The Bertz CT molecular complexity index is 565. The minimum absolute atomic E-state index is 0.426. The van der Waals surface area contributed by atoms with Crippen LogP contribution in [0.2, 0.25) is 0 Å². The zero-order chi connectivity index (χ0) is 13.5. The van der Waals surface area contributed by atoms with Crippen LogP contribution < -0.4 is 11.2 Å². The van der Waals surface area contributed by atoms with Crippen molar-refractivity contribution in [3.63, 3.8) is 0 Å². The summed E-state index contributed by atoms with van der Waals surface area (Å²) < 4.78 is 19.6. The van der Waals surface area contributed by atoms with Crippen LogP contribution in [0.15, 0.2) is 15.8 Å². The molecule has 96 valence electrons. The maximum atomic E-state index is 13.1. The zero-order valence-corrected chi connectivity index (χ0v) is 10.1. The highest BCUT2D eigenvalue weighted by Crippen LogP contribution is 2.30. The average Bonchev–Trinajstić information content (AvgIpc) is 2.72. The van der Waals surface area contributed by atoms with E-state index in [4.69, 9.17) is 4.74 Å². The van der Waals surface area contributed by atoms with Gasteiger partial charge in [0.2, 0.25) is 5.82 Å². The molecule has 2 rings (SSSR count). The van der Waals surface area contributed by atoms with Crippen LogP contribution in [0.3, 0.4) is 0 Å². The van der Waals surface area contributed by atoms with Crippen LogP contribution in [0.1, 0.15) is 19.1 Å². The second-order valence-corrected chi connectivity index (χ2v) is 4.95. The number of ether oxygens (including phenoxy) is 1. The van der Waals surface area contributed by atoms with Gasteiger partial charge in [-0.15, -0.1) is 0 Å². The minimum Gasteiger partial charge on any atom is -0.405 e. The summed E-state index contributed by atoms with van der Waals surface area (Å²) in [5.41, 5.74) is -1.77. The second kappa shape index (κ2) is 4.40. The first-order valence-corrected chi connectivity index (χ1v) is 5.68. The molecule has 2 heterocycles. The number of aromatic nitrogens is 2. The fraction of sp³-hybridized carbons (Fsp3) is 0.556. The van der Waals surface area contributed by atoms with E-state index in [1.54, 1.807) is 15.7 Å². The van der Waals surface area contributed by atoms with Crippen LogP contribution in [-0.4, -0.2) is 41.9 Å². The molecule has 0 bridgehead atoms. The van der Waals surface area contributed by atoms with Crippen molar-refractivity contribution < 1.29 is 14.2 Å². The number of nitrogens with zero attached hydrogens (tertiary/aromatic N) is 1. The monoisotopic (exact) mass is 254 g/mol. The van der Waals surface area contributed by atoms with Gasteiger partial charge < -0.3 is 9.84 Å². The molecule has 0 saturated carbocycles. The van der Waals surface area contributed by atoms with E-state index in [2.05, 4.69) is 0 Å². The number of hydrogen-bond acceptors (Lipinski definition) is 4. The fourth-order valence-corrected chi connectivity index (χ4v) is 2.02. The first-order valence-electron chi connectivity index (χ1n) is 5.68. The van der Waals surface area contributed by atoms with Gasteiger partial charge in [0.25, 0.3) is 5.56 Å². The molecule has 1 aromatic heterocycles. The summed E-state index contributed by atoms with van der Waals surface area (Å²) in [6.07, 6.45) is 0.768. The molecule has 0 spiro atoms. The Hall–Kier alpha value is -1.34. The third-order valence-electron chi connectivity index (χ3n) is 3.02. The van der Waals surface area contributed by atoms with Crippen LogP contribution in [0.4, 0.5) is 4.39 Å². The lowest BCUT2D eigenvalue weighted by Crippen LogP contribution is -2.43. The molecule has 1 saturated heterocycles. The predicted molar refractivity (Wildman–Crippen MR) is 66.5 cm³/mol. The summed E-state index contributed by atoms with van der Waals surface area (Å²) in [7, 11) is 3.21. The average molecular weight is 254 g/mol. The van der Waals surface area contributed by atoms with Crippen molar-refractivity contribution in [1.82, 2.24) is 9.55 Å². The van der Waals surface area contributed by atoms with Crippen molar-refractivity contribution >= 4 is 15.7 Å². The maximum absolute atomic E-state index is 13.1. The Kier molecular flexibility index (Phi) is 3.20. The lowest BCUT2D eigenvalue weighted by molar-refractivity contribution is -0.0506. The van der Waals surface area contributed by atoms with E-state index >= 15 is 0 Å². The standard InChI is InChI=1S/C9H13B2FN2O4/c10-9(11,17)5-1-2-6(18-5)14-3-4(12)7(15)13-8(14)16/h3,5-6,17H,1-2,10-11H2,(H,13,15,16). The van der Waals surface area contributed by atoms with E-state index in [0.717, 1.165) is 10.8 Å². The highest BCUT2D eigenvalue weighted by atomic mass is 19.1. The van der Waals surface area contributed by atoms with E-state index in [0.29, 0.717) is 12.8 Å². The molecule has 1 aromatic rings. The summed E-state index contributed by atoms with van der Waals surface area (Å²) in [4.78, 5) is 24.3. The van der Waals surface area contributed by atoms with Gasteiger partial charge in [-0.3, -0.25) is 14.3 Å². The molecule has 2 unspecified atom stereocenters. The maximum Gasteiger partial charge on any atom is 0.330 e. The highest BCUT2D eigenvalue weighted by molar-refractivity contribution is 6.39. The van der Waals surface area contributed by atoms with Gasteiger partial charge >= 0.3 is 5.69 Å². The van der Waals surface area contributed by atoms with Gasteiger partial charge in [-0.2, -0.15) is 4.39 Å². The molecular weight excluding hydrogens is 241 g/mol. The Labute approximate surface area is 104 Å². The Morgan fingerprint density at radius 2 is 2.17 bits per heavy atom. The quantitative estimate of drug-likeness (QED) is 0.561. The van der Waals surface area contributed by atoms with Gasteiger partial charge in [-0.1, -0.05) is 0 Å². The van der Waals surface area contributed by atoms with Crippen LogP contribution in [0.5, 0.6) is 0 Å². The predicted octanol–water partition coefficient (Wildman–Crippen LogP) is -2.73. The summed E-state index contributed by atoms with van der Waals surface area (Å²) in [5.74, 6) is -1.04. The van der Waals surface area contributed by atoms with Gasteiger partial charge in [0, 0.05) is 5.40 Å². The number of H-pyrrole nitrogens is 1. The molecule has 0 amide bonds. The van der Waals surface area contributed by atoms with Gasteiger partial charge in [-0.25, -0.2) is 4.79 Å². The summed E-state index contributed by atoms with van der Waals surface area (Å²) in [6.45, 7) is 0. The summed E-state index contributed by atoms with van der Waals surface area (Å²) in [5, 5.41) is 8.78. The van der Waals surface area contributed by atoms with Crippen LogP contribution >= 0.6 is 0 Å². The molecular formula is C9H13B2FN2O4. The molecule has 0 radical (unpaired) electrons. The van der Waals surface area contributed by atoms with E-state index in [1.165, 1.54) is 0 Å². The number of aliphatic hydroxyl groups is 1. The lowest BCUT2D eigenvalue weighted by atomic mass is 9.61. The van der Waals surface area contributed by atoms with E-state index in [-0.39, 0.29) is 0 Å². The first kappa shape index (κ1) is 13.1. The number of halogens is 1. The molecule has 0 aliphatic carbocycles. The Balaban J connectivity index is 2.28. The second-order valence-electron chi connectivity index (χ2n) is 4.95. The number of hydrogen-bond donors (Lipinski definition) is 2. The SMILES string of the molecule is BC(B)(O)C1CCC(n2cc(F)c(=O)[nH]c2=O)O1. The molecule has 2 N–H and O–H groups in total. The molecule has 0 aromatic carbocycles. The smallest absolute Gasteiger partial charge is 0.330 e. The Morgan fingerprint density at radius 1 is 1.50 bits per heavy atom. The van der Waals surface area contributed by atoms with Gasteiger partial charge in [-0.05, 0) is 12.8 Å². The number of nitrogens with one attached hydrogen (secondary N) is 1. The summed E-state index contributed by atoms with van der Waals surface area (Å²) in [6, 6.07) is 0. The highest BCUT2D eigenvalue weighted by Gasteiger charge is 2.36. The van der Waals surface area contributed by atoms with Crippen molar-refractivity contribution in [2.45, 2.75) is 30.6 Å². The van der Waals surface area contributed by atoms with Crippen LogP contribution in [0.25, 0.3) is 0 Å². The third-order valence-corrected chi connectivity index (χ3v) is 3.02. The number of rotatable bonds is 2. The largest absolute Gasteiger partial charge is 0.405 e. The van der Waals surface area contributed by atoms with E-state index in [1.807, 2.05) is 4.98 Å². The molecule has 1 aliphatic rings. The topological polar surface area (TPSA) is 84.3 Å². The minimum atomic E-state index is -1.05. The van der Waals surface area contributed by atoms with Crippen LogP contribution in [0, 0.1) is 5.82 Å². The molecule has 1 fully saturated rings. The van der Waals surface area contributed by atoms with Crippen molar-refractivity contribution in [2.24, 2.45) is 0 Å². The van der Waals surface area contributed by atoms with Crippen molar-refractivity contribution in [1.29, 1.82) is 0 Å². The molecule has 18 heavy (non-hydrogen) atoms. The lowest BCUT2D eigenvalue weighted by Gasteiger charge is -2.26. The Morgan fingerprint density at radius 3 is 2.72 bits per heavy atom. The van der Waals surface area contributed by atoms with Gasteiger partial charge in [0.15, 0.2) is 0 Å². The number of aromatic amines is 1. The molecule has 2 atom stereocenters. The van der Waals surface area contributed by atoms with Crippen molar-refractivity contribution in [3.05, 3.63) is 32.9 Å². The third kappa shape index (κ3) is 2.41. The molecule has 6 nitrogen and oxygen atoms in total. The van der Waals surface area contributed by atoms with Gasteiger partial charge in [0.05, 0.1) is 12.3 Å².